The van der Waals surface area contributed by atoms with Crippen molar-refractivity contribution in [3.05, 3.63) is 21.9 Å². The molecule has 1 aliphatic rings. The molecule has 0 amide bonds. The Hall–Kier alpha value is -0.340. The molecule has 0 aliphatic carbocycles. The maximum Gasteiger partial charge on any atom is 0.00491 e. The van der Waals surface area contributed by atoms with E-state index >= 15 is 0 Å². The summed E-state index contributed by atoms with van der Waals surface area (Å²) in [5.41, 5.74) is 1.61. The van der Waals surface area contributed by atoms with Crippen LogP contribution in [0.2, 0.25) is 0 Å². The number of hydrogen-bond acceptors (Lipinski definition) is 2. The first kappa shape index (κ1) is 10.2. The molecule has 1 saturated heterocycles. The smallest absolute Gasteiger partial charge is 0.00491 e. The second kappa shape index (κ2) is 4.45. The zero-order valence-corrected chi connectivity index (χ0v) is 9.86. The first-order valence-electron chi connectivity index (χ1n) is 5.57. The highest BCUT2D eigenvalue weighted by atomic mass is 32.1. The molecular formula is C12H19NS. The van der Waals surface area contributed by atoms with E-state index in [1.54, 1.807) is 5.56 Å². The number of aryl methyl sites for hydroxylation is 1. The second-order valence-corrected chi connectivity index (χ2v) is 5.32. The monoisotopic (exact) mass is 209 g/mol. The largest absolute Gasteiger partial charge is 0.316 e. The van der Waals surface area contributed by atoms with Gasteiger partial charge in [-0.1, -0.05) is 13.3 Å². The molecule has 1 nitrogen and oxygen atoms in total. The number of piperidine rings is 1. The number of nitrogens with one attached hydrogen (secondary N) is 1. The van der Waals surface area contributed by atoms with Crippen molar-refractivity contribution in [1.29, 1.82) is 0 Å². The van der Waals surface area contributed by atoms with Crippen molar-refractivity contribution in [2.45, 2.75) is 32.6 Å². The van der Waals surface area contributed by atoms with Crippen molar-refractivity contribution in [2.75, 3.05) is 13.1 Å². The van der Waals surface area contributed by atoms with E-state index in [1.165, 1.54) is 30.8 Å². The molecule has 0 radical (unpaired) electrons. The molecule has 2 heterocycles. The third-order valence-corrected chi connectivity index (χ3v) is 4.29. The van der Waals surface area contributed by atoms with E-state index in [0.29, 0.717) is 0 Å². The average Bonchev–Trinajstić information content (AvgIpc) is 2.64. The minimum absolute atomic E-state index is 0.812. The van der Waals surface area contributed by atoms with Gasteiger partial charge in [0.2, 0.25) is 0 Å². The summed E-state index contributed by atoms with van der Waals surface area (Å²) in [6, 6.07) is 2.33. The van der Waals surface area contributed by atoms with Crippen molar-refractivity contribution in [3.8, 4) is 0 Å². The Morgan fingerprint density at radius 2 is 2.43 bits per heavy atom. The lowest BCUT2D eigenvalue weighted by Crippen LogP contribution is -2.35. The predicted octanol–water partition coefficient (Wildman–Crippen LogP) is 3.16. The van der Waals surface area contributed by atoms with Gasteiger partial charge in [-0.15, -0.1) is 11.3 Å². The standard InChI is InChI=1S/C12H19NS/c1-3-10-8-13-6-4-12(10)11-5-7-14-9(11)2/h5,7,10,12-13H,3-4,6,8H2,1-2H3. The minimum Gasteiger partial charge on any atom is -0.316 e. The first-order valence-corrected chi connectivity index (χ1v) is 6.45. The predicted molar refractivity (Wildman–Crippen MR) is 63.1 cm³/mol. The van der Waals surface area contributed by atoms with Crippen molar-refractivity contribution in [3.63, 3.8) is 0 Å². The first-order chi connectivity index (χ1) is 6.83. The van der Waals surface area contributed by atoms with Gasteiger partial charge in [0.15, 0.2) is 0 Å². The van der Waals surface area contributed by atoms with Crippen molar-refractivity contribution >= 4 is 11.3 Å². The molecule has 0 bridgehead atoms. The van der Waals surface area contributed by atoms with Gasteiger partial charge >= 0.3 is 0 Å². The SMILES string of the molecule is CCC1CNCCC1c1ccsc1C. The Morgan fingerprint density at radius 3 is 3.07 bits per heavy atom. The van der Waals surface area contributed by atoms with Crippen LogP contribution in [0, 0.1) is 12.8 Å². The Balaban J connectivity index is 2.19. The van der Waals surface area contributed by atoms with E-state index in [4.69, 9.17) is 0 Å². The summed E-state index contributed by atoms with van der Waals surface area (Å²) in [5, 5.41) is 5.74. The number of rotatable bonds is 2. The van der Waals surface area contributed by atoms with Gasteiger partial charge in [-0.25, -0.2) is 0 Å². The summed E-state index contributed by atoms with van der Waals surface area (Å²) in [6.45, 7) is 6.97. The van der Waals surface area contributed by atoms with Crippen LogP contribution in [0.25, 0.3) is 0 Å². The molecule has 1 N–H and O–H groups in total. The van der Waals surface area contributed by atoms with E-state index < -0.39 is 0 Å². The molecule has 2 heteroatoms. The normalized spacial score (nSPS) is 27.9. The minimum atomic E-state index is 0.812. The van der Waals surface area contributed by atoms with E-state index in [1.807, 2.05) is 11.3 Å². The fourth-order valence-corrected chi connectivity index (χ4v) is 3.32. The molecule has 0 saturated carbocycles. The van der Waals surface area contributed by atoms with Crippen LogP contribution in [-0.4, -0.2) is 13.1 Å². The molecule has 1 aliphatic heterocycles. The van der Waals surface area contributed by atoms with Crippen LogP contribution >= 0.6 is 11.3 Å². The Morgan fingerprint density at radius 1 is 1.57 bits per heavy atom. The number of thiophene rings is 1. The van der Waals surface area contributed by atoms with Gasteiger partial charge in [-0.2, -0.15) is 0 Å². The van der Waals surface area contributed by atoms with Crippen LogP contribution < -0.4 is 5.32 Å². The molecule has 2 rings (SSSR count). The zero-order valence-electron chi connectivity index (χ0n) is 9.05. The maximum absolute atomic E-state index is 3.50. The molecule has 14 heavy (non-hydrogen) atoms. The third-order valence-electron chi connectivity index (χ3n) is 3.43. The fraction of sp³-hybridized carbons (Fsp3) is 0.667. The quantitative estimate of drug-likeness (QED) is 0.789. The van der Waals surface area contributed by atoms with Crippen LogP contribution in [0.1, 0.15) is 36.1 Å². The Kier molecular flexibility index (Phi) is 3.24. The van der Waals surface area contributed by atoms with Crippen molar-refractivity contribution in [2.24, 2.45) is 5.92 Å². The lowest BCUT2D eigenvalue weighted by atomic mass is 9.80. The summed E-state index contributed by atoms with van der Waals surface area (Å²) in [7, 11) is 0. The van der Waals surface area contributed by atoms with Crippen LogP contribution in [0.4, 0.5) is 0 Å². The van der Waals surface area contributed by atoms with Crippen LogP contribution in [0.3, 0.4) is 0 Å². The van der Waals surface area contributed by atoms with E-state index in [9.17, 15) is 0 Å². The van der Waals surface area contributed by atoms with Gasteiger partial charge in [-0.3, -0.25) is 0 Å². The van der Waals surface area contributed by atoms with Gasteiger partial charge in [0.05, 0.1) is 0 Å². The molecule has 0 aromatic carbocycles. The summed E-state index contributed by atoms with van der Waals surface area (Å²) in [4.78, 5) is 1.52. The second-order valence-electron chi connectivity index (χ2n) is 4.20. The molecule has 2 unspecified atom stereocenters. The topological polar surface area (TPSA) is 12.0 Å². The lowest BCUT2D eigenvalue weighted by molar-refractivity contribution is 0.318. The highest BCUT2D eigenvalue weighted by Gasteiger charge is 2.26. The van der Waals surface area contributed by atoms with Crippen LogP contribution in [-0.2, 0) is 0 Å². The molecule has 1 fully saturated rings. The van der Waals surface area contributed by atoms with E-state index in [0.717, 1.165) is 11.8 Å². The molecule has 1 aromatic heterocycles. The van der Waals surface area contributed by atoms with E-state index in [-0.39, 0.29) is 0 Å². The molecule has 78 valence electrons. The lowest BCUT2D eigenvalue weighted by Gasteiger charge is -2.31. The summed E-state index contributed by atoms with van der Waals surface area (Å²) >= 11 is 1.89. The number of hydrogen-bond donors (Lipinski definition) is 1. The third kappa shape index (κ3) is 1.86. The molecular weight excluding hydrogens is 190 g/mol. The summed E-state index contributed by atoms with van der Waals surface area (Å²) in [5.74, 6) is 1.66. The molecule has 1 aromatic rings. The summed E-state index contributed by atoms with van der Waals surface area (Å²) in [6.07, 6.45) is 2.61. The van der Waals surface area contributed by atoms with Gasteiger partial charge in [-0.05, 0) is 55.3 Å². The van der Waals surface area contributed by atoms with Crippen LogP contribution in [0.5, 0.6) is 0 Å². The summed E-state index contributed by atoms with van der Waals surface area (Å²) < 4.78 is 0. The van der Waals surface area contributed by atoms with Crippen molar-refractivity contribution < 1.29 is 0 Å². The van der Waals surface area contributed by atoms with Gasteiger partial charge < -0.3 is 5.32 Å². The highest BCUT2D eigenvalue weighted by Crippen LogP contribution is 2.35. The van der Waals surface area contributed by atoms with Gasteiger partial charge in [0.1, 0.15) is 0 Å². The Labute approximate surface area is 90.5 Å². The zero-order chi connectivity index (χ0) is 9.97. The van der Waals surface area contributed by atoms with Gasteiger partial charge in [0.25, 0.3) is 0 Å². The fourth-order valence-electron chi connectivity index (χ4n) is 2.54. The van der Waals surface area contributed by atoms with Gasteiger partial charge in [0, 0.05) is 4.88 Å². The molecule has 0 spiro atoms. The maximum atomic E-state index is 3.50. The van der Waals surface area contributed by atoms with Crippen molar-refractivity contribution in [1.82, 2.24) is 5.32 Å². The Bertz CT molecular complexity index is 292. The highest BCUT2D eigenvalue weighted by molar-refractivity contribution is 7.10. The van der Waals surface area contributed by atoms with E-state index in [2.05, 4.69) is 30.6 Å². The average molecular weight is 209 g/mol. The molecule has 2 atom stereocenters. The van der Waals surface area contributed by atoms with Crippen LogP contribution in [0.15, 0.2) is 11.4 Å².